The van der Waals surface area contributed by atoms with Gasteiger partial charge in [-0.2, -0.15) is 0 Å². The van der Waals surface area contributed by atoms with Gasteiger partial charge in [-0.15, -0.1) is 12.4 Å². The number of hydrogen-bond acceptors (Lipinski definition) is 4. The largest absolute Gasteiger partial charge is 0.497 e. The first kappa shape index (κ1) is 16.2. The number of nitrogens with one attached hydrogen (secondary N) is 1. The summed E-state index contributed by atoms with van der Waals surface area (Å²) >= 11 is 0. The van der Waals surface area contributed by atoms with Crippen LogP contribution in [0, 0.1) is 0 Å². The van der Waals surface area contributed by atoms with Crippen molar-refractivity contribution in [1.82, 2.24) is 9.97 Å². The van der Waals surface area contributed by atoms with Gasteiger partial charge in [0.1, 0.15) is 5.75 Å². The van der Waals surface area contributed by atoms with Gasteiger partial charge in [-0.05, 0) is 17.7 Å². The normalized spacial score (nSPS) is 11.5. The molecule has 0 bridgehead atoms. The van der Waals surface area contributed by atoms with E-state index in [0.717, 1.165) is 17.0 Å². The van der Waals surface area contributed by atoms with Crippen molar-refractivity contribution in [3.05, 3.63) is 48.0 Å². The molecule has 1 aromatic heterocycles. The first-order valence-electron chi connectivity index (χ1n) is 6.07. The molecule has 0 amide bonds. The maximum Gasteiger partial charge on any atom is 0.154 e. The Morgan fingerprint density at radius 1 is 1.40 bits per heavy atom. The Morgan fingerprint density at radius 2 is 2.10 bits per heavy atom. The van der Waals surface area contributed by atoms with Crippen molar-refractivity contribution in [3.63, 3.8) is 0 Å². The quantitative estimate of drug-likeness (QED) is 0.847. The van der Waals surface area contributed by atoms with E-state index >= 15 is 0 Å². The number of aromatic nitrogens is 2. The molecule has 5 nitrogen and oxygen atoms in total. The van der Waals surface area contributed by atoms with Gasteiger partial charge < -0.3 is 15.5 Å². The minimum atomic E-state index is -0.512. The summed E-state index contributed by atoms with van der Waals surface area (Å²) in [6.07, 6.45) is 4.07. The number of nitrogens with two attached hydrogens (primary N) is 1. The summed E-state index contributed by atoms with van der Waals surface area (Å²) in [4.78, 5) is 18.8. The van der Waals surface area contributed by atoms with Crippen LogP contribution in [-0.2, 0) is 17.6 Å². The fourth-order valence-electron chi connectivity index (χ4n) is 1.82. The standard InChI is InChI=1S/C14H17N3O2.ClH/c1-19-12-4-2-10(3-5-12)6-14(18)13(15)7-11-8-16-9-17-11;/h2-5,8-9,13H,6-7,15H2,1H3,(H,16,17);1H/t13-;/m0./s1. The number of imidazole rings is 1. The minimum absolute atomic E-state index is 0. The third-order valence-corrected chi connectivity index (χ3v) is 2.95. The van der Waals surface area contributed by atoms with Crippen molar-refractivity contribution in [3.8, 4) is 5.75 Å². The SMILES string of the molecule is COc1ccc(CC(=O)[C@@H](N)Cc2cnc[nH]2)cc1.Cl. The number of hydrogen-bond donors (Lipinski definition) is 2. The lowest BCUT2D eigenvalue weighted by molar-refractivity contribution is -0.119. The van der Waals surface area contributed by atoms with Gasteiger partial charge >= 0.3 is 0 Å². The van der Waals surface area contributed by atoms with Crippen LogP contribution < -0.4 is 10.5 Å². The lowest BCUT2D eigenvalue weighted by Crippen LogP contribution is -2.34. The molecule has 108 valence electrons. The van der Waals surface area contributed by atoms with Crippen molar-refractivity contribution in [2.45, 2.75) is 18.9 Å². The van der Waals surface area contributed by atoms with E-state index in [9.17, 15) is 4.79 Å². The second kappa shape index (κ2) is 7.67. The maximum atomic E-state index is 12.0. The molecule has 1 atom stereocenters. The van der Waals surface area contributed by atoms with Gasteiger partial charge in [0, 0.05) is 24.7 Å². The summed E-state index contributed by atoms with van der Waals surface area (Å²) in [5, 5.41) is 0. The Bertz CT molecular complexity index is 526. The van der Waals surface area contributed by atoms with Gasteiger partial charge in [-0.25, -0.2) is 4.98 Å². The van der Waals surface area contributed by atoms with Gasteiger partial charge in [-0.1, -0.05) is 12.1 Å². The van der Waals surface area contributed by atoms with E-state index < -0.39 is 6.04 Å². The molecule has 1 aromatic carbocycles. The van der Waals surface area contributed by atoms with E-state index in [2.05, 4.69) is 9.97 Å². The van der Waals surface area contributed by atoms with Crippen molar-refractivity contribution < 1.29 is 9.53 Å². The third kappa shape index (κ3) is 4.36. The predicted molar refractivity (Wildman–Crippen MR) is 79.2 cm³/mol. The van der Waals surface area contributed by atoms with Gasteiger partial charge in [0.2, 0.25) is 0 Å². The molecule has 2 aromatic rings. The molecular weight excluding hydrogens is 278 g/mol. The summed E-state index contributed by atoms with van der Waals surface area (Å²) < 4.78 is 5.07. The number of carbonyl (C=O) groups excluding carboxylic acids is 1. The monoisotopic (exact) mass is 295 g/mol. The Morgan fingerprint density at radius 3 is 2.65 bits per heavy atom. The number of carbonyl (C=O) groups is 1. The van der Waals surface area contributed by atoms with Crippen molar-refractivity contribution in [2.24, 2.45) is 5.73 Å². The van der Waals surface area contributed by atoms with Crippen LogP contribution in [0.15, 0.2) is 36.8 Å². The first-order valence-corrected chi connectivity index (χ1v) is 6.07. The van der Waals surface area contributed by atoms with E-state index in [-0.39, 0.29) is 18.2 Å². The van der Waals surface area contributed by atoms with Crippen LogP contribution in [0.1, 0.15) is 11.3 Å². The lowest BCUT2D eigenvalue weighted by Gasteiger charge is -2.09. The fraction of sp³-hybridized carbons (Fsp3) is 0.286. The van der Waals surface area contributed by atoms with Crippen molar-refractivity contribution in [1.29, 1.82) is 0 Å². The zero-order valence-electron chi connectivity index (χ0n) is 11.2. The number of halogens is 1. The molecule has 6 heteroatoms. The highest BCUT2D eigenvalue weighted by Gasteiger charge is 2.15. The van der Waals surface area contributed by atoms with Gasteiger partial charge in [0.05, 0.1) is 19.5 Å². The lowest BCUT2D eigenvalue weighted by atomic mass is 10.0. The molecule has 0 radical (unpaired) electrons. The van der Waals surface area contributed by atoms with Gasteiger partial charge in [-0.3, -0.25) is 4.79 Å². The molecule has 0 fully saturated rings. The smallest absolute Gasteiger partial charge is 0.154 e. The van der Waals surface area contributed by atoms with Gasteiger partial charge in [0.15, 0.2) is 5.78 Å². The molecule has 0 spiro atoms. The maximum absolute atomic E-state index is 12.0. The molecule has 1 heterocycles. The Kier molecular flexibility index (Phi) is 6.21. The number of rotatable bonds is 6. The number of H-pyrrole nitrogens is 1. The van der Waals surface area contributed by atoms with Crippen LogP contribution >= 0.6 is 12.4 Å². The molecule has 0 saturated heterocycles. The fourth-order valence-corrected chi connectivity index (χ4v) is 1.82. The minimum Gasteiger partial charge on any atom is -0.497 e. The number of methoxy groups -OCH3 is 1. The summed E-state index contributed by atoms with van der Waals surface area (Å²) in [5.74, 6) is 0.790. The highest BCUT2D eigenvalue weighted by atomic mass is 35.5. The number of nitrogens with zero attached hydrogens (tertiary/aromatic N) is 1. The average Bonchev–Trinajstić information content (AvgIpc) is 2.92. The molecular formula is C14H18ClN3O2. The van der Waals surface area contributed by atoms with E-state index in [1.165, 1.54) is 0 Å². The molecule has 0 saturated carbocycles. The molecule has 0 aliphatic heterocycles. The highest BCUT2D eigenvalue weighted by molar-refractivity contribution is 5.86. The van der Waals surface area contributed by atoms with E-state index in [0.29, 0.717) is 12.8 Å². The molecule has 2 rings (SSSR count). The number of ether oxygens (including phenoxy) is 1. The molecule has 0 aliphatic carbocycles. The zero-order valence-corrected chi connectivity index (χ0v) is 12.0. The van der Waals surface area contributed by atoms with Gasteiger partial charge in [0.25, 0.3) is 0 Å². The van der Waals surface area contributed by atoms with E-state index in [1.807, 2.05) is 24.3 Å². The number of Topliss-reactive ketones (excluding diaryl/α,β-unsaturated/α-hetero) is 1. The second-order valence-electron chi connectivity index (χ2n) is 4.38. The molecule has 20 heavy (non-hydrogen) atoms. The molecule has 0 aliphatic rings. The Hall–Kier alpha value is -1.85. The number of benzene rings is 1. The van der Waals surface area contributed by atoms with Crippen LogP contribution in [0.25, 0.3) is 0 Å². The summed E-state index contributed by atoms with van der Waals surface area (Å²) in [7, 11) is 1.61. The van der Waals surface area contributed by atoms with Crippen LogP contribution in [0.2, 0.25) is 0 Å². The van der Waals surface area contributed by atoms with E-state index in [4.69, 9.17) is 10.5 Å². The van der Waals surface area contributed by atoms with E-state index in [1.54, 1.807) is 19.6 Å². The summed E-state index contributed by atoms with van der Waals surface area (Å²) in [5.41, 5.74) is 7.70. The summed E-state index contributed by atoms with van der Waals surface area (Å²) in [6, 6.07) is 6.91. The number of ketones is 1. The molecule has 0 unspecified atom stereocenters. The Balaban J connectivity index is 0.00000200. The average molecular weight is 296 g/mol. The molecule has 3 N–H and O–H groups in total. The van der Waals surface area contributed by atoms with Crippen LogP contribution in [-0.4, -0.2) is 28.9 Å². The summed E-state index contributed by atoms with van der Waals surface area (Å²) in [6.45, 7) is 0. The highest BCUT2D eigenvalue weighted by Crippen LogP contribution is 2.12. The zero-order chi connectivity index (χ0) is 13.7. The first-order chi connectivity index (χ1) is 9.19. The second-order valence-corrected chi connectivity index (χ2v) is 4.38. The van der Waals surface area contributed by atoms with Crippen LogP contribution in [0.4, 0.5) is 0 Å². The Labute approximate surface area is 124 Å². The van der Waals surface area contributed by atoms with Crippen molar-refractivity contribution >= 4 is 18.2 Å². The van der Waals surface area contributed by atoms with Crippen molar-refractivity contribution in [2.75, 3.05) is 7.11 Å². The number of aromatic amines is 1. The van der Waals surface area contributed by atoms with Crippen LogP contribution in [0.3, 0.4) is 0 Å². The third-order valence-electron chi connectivity index (χ3n) is 2.95. The topological polar surface area (TPSA) is 81.0 Å². The predicted octanol–water partition coefficient (Wildman–Crippen LogP) is 1.52. The van der Waals surface area contributed by atoms with Crippen LogP contribution in [0.5, 0.6) is 5.75 Å².